The van der Waals surface area contributed by atoms with E-state index in [0.717, 1.165) is 0 Å². The summed E-state index contributed by atoms with van der Waals surface area (Å²) in [5.41, 5.74) is 3.61. The SMILES string of the molecule is CCCCCCCCCCc1[c]([Sn]([CH3])([CH3])[CH3])sc2c1sc1c3s[c]([Sn]([CH3])([CH3])[CH3])c(CCCCCCCCCC)c3sc21. The van der Waals surface area contributed by atoms with Crippen molar-refractivity contribution in [3.05, 3.63) is 11.1 Å². The van der Waals surface area contributed by atoms with Crippen molar-refractivity contribution in [1.29, 1.82) is 0 Å². The summed E-state index contributed by atoms with van der Waals surface area (Å²) in [6.45, 7) is 4.64. The molecular weight excluding hydrogens is 798 g/mol. The zero-order valence-electron chi connectivity index (χ0n) is 28.4. The van der Waals surface area contributed by atoms with Crippen LogP contribution >= 0.6 is 45.3 Å². The Balaban J connectivity index is 1.56. The molecule has 0 saturated heterocycles. The summed E-state index contributed by atoms with van der Waals surface area (Å²) < 4.78 is 13.8. The van der Waals surface area contributed by atoms with Gasteiger partial charge in [0.15, 0.2) is 0 Å². The van der Waals surface area contributed by atoms with Gasteiger partial charge in [0.2, 0.25) is 0 Å². The quantitative estimate of drug-likeness (QED) is 0.0614. The third-order valence-corrected chi connectivity index (χ3v) is 33.6. The molecule has 0 fully saturated rings. The number of unbranched alkanes of at least 4 members (excludes halogenated alkanes) is 14. The average Bonchev–Trinajstić information content (AvgIpc) is 3.64. The standard InChI is InChI=1S/C30H42S4.6CH3.2Sn/c1-3-5-7-9-11-13-15-17-19-23-21-31-27-25(23)33-30-28-26(34-29(27)30)24(22-32-28)20-18-16-14-12-10-8-6-4-2;;;;;;;;/h3-20H2,1-2H3;6*1H3;;. The van der Waals surface area contributed by atoms with Gasteiger partial charge in [0, 0.05) is 0 Å². The second kappa shape index (κ2) is 16.8. The van der Waals surface area contributed by atoms with Gasteiger partial charge in [-0.05, 0) is 0 Å². The van der Waals surface area contributed by atoms with E-state index in [-0.39, 0.29) is 0 Å². The fourth-order valence-corrected chi connectivity index (χ4v) is 27.0. The van der Waals surface area contributed by atoms with Crippen molar-refractivity contribution < 1.29 is 0 Å². The molecule has 0 radical (unpaired) electrons. The van der Waals surface area contributed by atoms with E-state index in [1.165, 1.54) is 116 Å². The van der Waals surface area contributed by atoms with Crippen molar-refractivity contribution in [2.75, 3.05) is 0 Å². The number of thiophene rings is 4. The summed E-state index contributed by atoms with van der Waals surface area (Å²) in [4.78, 5) is 15.9. The van der Waals surface area contributed by atoms with E-state index >= 15 is 0 Å². The van der Waals surface area contributed by atoms with Crippen molar-refractivity contribution in [3.8, 4) is 0 Å². The Morgan fingerprint density at radius 1 is 0.357 bits per heavy atom. The van der Waals surface area contributed by atoms with Gasteiger partial charge in [0.05, 0.1) is 0 Å². The van der Waals surface area contributed by atoms with Crippen LogP contribution in [0.2, 0.25) is 29.6 Å². The summed E-state index contributed by atoms with van der Waals surface area (Å²) in [7, 11) is 0. The Bertz CT molecular complexity index is 1280. The first-order chi connectivity index (χ1) is 20.1. The molecule has 0 atom stereocenters. The summed E-state index contributed by atoms with van der Waals surface area (Å²) >= 11 is 4.52. The van der Waals surface area contributed by atoms with Gasteiger partial charge in [-0.3, -0.25) is 0 Å². The van der Waals surface area contributed by atoms with Gasteiger partial charge in [-0.15, -0.1) is 0 Å². The van der Waals surface area contributed by atoms with Crippen molar-refractivity contribution >= 4 is 116 Å². The molecule has 0 aromatic carbocycles. The third kappa shape index (κ3) is 9.16. The van der Waals surface area contributed by atoms with Crippen LogP contribution in [0.1, 0.15) is 128 Å². The van der Waals surface area contributed by atoms with Crippen LogP contribution in [-0.4, -0.2) is 36.8 Å². The van der Waals surface area contributed by atoms with Crippen molar-refractivity contribution in [2.45, 2.75) is 159 Å². The molecule has 0 aliphatic rings. The molecule has 0 saturated carbocycles. The van der Waals surface area contributed by atoms with Crippen LogP contribution in [0, 0.1) is 0 Å². The zero-order valence-corrected chi connectivity index (χ0v) is 37.3. The molecule has 0 N–H and O–H groups in total. The van der Waals surface area contributed by atoms with Crippen molar-refractivity contribution in [3.63, 3.8) is 0 Å². The molecule has 0 unspecified atom stereocenters. The number of hydrogen-bond donors (Lipinski definition) is 0. The van der Waals surface area contributed by atoms with E-state index in [1.54, 1.807) is 39.3 Å². The Morgan fingerprint density at radius 2 is 0.643 bits per heavy atom. The number of hydrogen-bond acceptors (Lipinski definition) is 4. The van der Waals surface area contributed by atoms with E-state index in [2.05, 4.69) is 88.8 Å². The van der Waals surface area contributed by atoms with Gasteiger partial charge in [0.1, 0.15) is 0 Å². The fraction of sp³-hybridized carbons (Fsp3) is 0.722. The first-order valence-electron chi connectivity index (χ1n) is 17.5. The minimum atomic E-state index is -2.18. The normalized spacial score (nSPS) is 13.0. The average molecular weight is 859 g/mol. The van der Waals surface area contributed by atoms with E-state index < -0.39 is 36.8 Å². The topological polar surface area (TPSA) is 0 Å². The Labute approximate surface area is 283 Å². The molecule has 0 spiro atoms. The summed E-state index contributed by atoms with van der Waals surface area (Å²) in [5.74, 6) is 0. The van der Waals surface area contributed by atoms with Crippen molar-refractivity contribution in [2.24, 2.45) is 0 Å². The first kappa shape index (κ1) is 36.0. The molecule has 236 valence electrons. The molecule has 4 aromatic rings. The number of aryl methyl sites for hydroxylation is 2. The van der Waals surface area contributed by atoms with E-state index in [4.69, 9.17) is 0 Å². The zero-order chi connectivity index (χ0) is 30.3. The van der Waals surface area contributed by atoms with Crippen LogP contribution < -0.4 is 5.79 Å². The molecule has 4 heterocycles. The third-order valence-electron chi connectivity index (χ3n) is 8.87. The van der Waals surface area contributed by atoms with E-state index in [1.807, 2.05) is 5.79 Å². The molecule has 42 heavy (non-hydrogen) atoms. The monoisotopic (exact) mass is 860 g/mol. The maximum absolute atomic E-state index is 2.65. The second-order valence-corrected chi connectivity index (χ2v) is 49.6. The van der Waals surface area contributed by atoms with Gasteiger partial charge in [-0.2, -0.15) is 0 Å². The molecule has 0 bridgehead atoms. The van der Waals surface area contributed by atoms with Crippen LogP contribution in [0.3, 0.4) is 0 Å². The van der Waals surface area contributed by atoms with Crippen LogP contribution in [0.25, 0.3) is 28.2 Å². The first-order valence-corrected chi connectivity index (χ1v) is 40.7. The number of rotatable bonds is 20. The Morgan fingerprint density at radius 3 is 0.952 bits per heavy atom. The molecule has 0 aliphatic carbocycles. The summed E-state index contributed by atoms with van der Waals surface area (Å²) in [6, 6.07) is 0. The molecule has 0 amide bonds. The van der Waals surface area contributed by atoms with Gasteiger partial charge >= 0.3 is 286 Å². The van der Waals surface area contributed by atoms with Gasteiger partial charge < -0.3 is 0 Å². The fourth-order valence-electron chi connectivity index (χ4n) is 6.55. The van der Waals surface area contributed by atoms with Gasteiger partial charge in [-0.1, -0.05) is 0 Å². The summed E-state index contributed by atoms with van der Waals surface area (Å²) in [6.07, 6.45) is 25.3. The Kier molecular flexibility index (Phi) is 14.4. The molecule has 0 nitrogen and oxygen atoms in total. The molecule has 6 heteroatoms. The number of fused-ring (bicyclic) bond motifs is 5. The van der Waals surface area contributed by atoms with Gasteiger partial charge in [0.25, 0.3) is 0 Å². The van der Waals surface area contributed by atoms with Crippen LogP contribution in [0.5, 0.6) is 0 Å². The van der Waals surface area contributed by atoms with Crippen molar-refractivity contribution in [1.82, 2.24) is 0 Å². The molecule has 4 aromatic heterocycles. The maximum atomic E-state index is 2.65. The van der Waals surface area contributed by atoms with E-state index in [0.29, 0.717) is 0 Å². The molecule has 4 rings (SSSR count). The minimum absolute atomic E-state index is 1.33. The predicted octanol–water partition coefficient (Wildman–Crippen LogP) is 13.8. The van der Waals surface area contributed by atoms with Gasteiger partial charge in [-0.25, -0.2) is 0 Å². The summed E-state index contributed by atoms with van der Waals surface area (Å²) in [5, 5.41) is 0. The predicted molar refractivity (Wildman–Crippen MR) is 209 cm³/mol. The van der Waals surface area contributed by atoms with Crippen LogP contribution in [0.4, 0.5) is 0 Å². The van der Waals surface area contributed by atoms with Crippen LogP contribution in [0.15, 0.2) is 0 Å². The molecule has 0 aliphatic heterocycles. The Hall–Kier alpha value is 1.18. The molecular formula is C36H60S4Sn2. The second-order valence-electron chi connectivity index (χ2n) is 14.9. The van der Waals surface area contributed by atoms with E-state index in [9.17, 15) is 0 Å². The van der Waals surface area contributed by atoms with Crippen LogP contribution in [-0.2, 0) is 12.8 Å².